The SMILES string of the molecule is COc1cc(CC(C#N)C(=O)Nc2nnc(C(F)(F)F)s2)cc(OC)c1OCCOc1c(C)cccc1C. The minimum absolute atomic E-state index is 0.0735. The number of alkyl halides is 3. The molecule has 0 saturated carbocycles. The molecule has 0 spiro atoms. The molecule has 0 saturated heterocycles. The Morgan fingerprint density at radius 2 is 1.63 bits per heavy atom. The molecule has 2 aromatic carbocycles. The highest BCUT2D eigenvalue weighted by Crippen LogP contribution is 2.39. The first-order chi connectivity index (χ1) is 18.1. The van der Waals surface area contributed by atoms with Gasteiger partial charge in [0.05, 0.1) is 20.3 Å². The molecule has 0 bridgehead atoms. The average molecular weight is 551 g/mol. The van der Waals surface area contributed by atoms with Crippen molar-refractivity contribution < 1.29 is 36.9 Å². The van der Waals surface area contributed by atoms with Crippen molar-refractivity contribution in [1.29, 1.82) is 5.26 Å². The number of ether oxygens (including phenoxy) is 4. The molecule has 1 heterocycles. The molecular weight excluding hydrogens is 525 g/mol. The zero-order valence-electron chi connectivity index (χ0n) is 21.0. The fourth-order valence-electron chi connectivity index (χ4n) is 3.52. The summed E-state index contributed by atoms with van der Waals surface area (Å²) < 4.78 is 60.8. The van der Waals surface area contributed by atoms with Gasteiger partial charge in [-0.15, -0.1) is 10.2 Å². The van der Waals surface area contributed by atoms with Crippen LogP contribution in [0.25, 0.3) is 0 Å². The number of nitrogens with one attached hydrogen (secondary N) is 1. The Bertz CT molecular complexity index is 1280. The predicted molar refractivity (Wildman–Crippen MR) is 133 cm³/mol. The van der Waals surface area contributed by atoms with Gasteiger partial charge in [-0.05, 0) is 49.1 Å². The van der Waals surface area contributed by atoms with Crippen LogP contribution >= 0.6 is 11.3 Å². The smallest absolute Gasteiger partial charge is 0.445 e. The molecule has 3 aromatic rings. The lowest BCUT2D eigenvalue weighted by molar-refractivity contribution is -0.138. The van der Waals surface area contributed by atoms with Crippen LogP contribution in [0, 0.1) is 31.1 Å². The van der Waals surface area contributed by atoms with Crippen LogP contribution in [-0.4, -0.2) is 43.5 Å². The minimum Gasteiger partial charge on any atom is -0.493 e. The molecule has 0 fully saturated rings. The first-order valence-corrected chi connectivity index (χ1v) is 12.1. The quantitative estimate of drug-likeness (QED) is 0.333. The summed E-state index contributed by atoms with van der Waals surface area (Å²) in [6.07, 6.45) is -4.76. The van der Waals surface area contributed by atoms with Crippen LogP contribution in [0.4, 0.5) is 18.3 Å². The van der Waals surface area contributed by atoms with Crippen LogP contribution in [0.15, 0.2) is 30.3 Å². The average Bonchev–Trinajstić information content (AvgIpc) is 3.35. The summed E-state index contributed by atoms with van der Waals surface area (Å²) in [5.41, 5.74) is 2.52. The van der Waals surface area contributed by atoms with Gasteiger partial charge in [0.2, 0.25) is 21.8 Å². The van der Waals surface area contributed by atoms with Gasteiger partial charge in [0.15, 0.2) is 11.5 Å². The molecule has 9 nitrogen and oxygen atoms in total. The van der Waals surface area contributed by atoms with Gasteiger partial charge in [-0.1, -0.05) is 29.5 Å². The number of aromatic nitrogens is 2. The van der Waals surface area contributed by atoms with Gasteiger partial charge in [-0.3, -0.25) is 10.1 Å². The Morgan fingerprint density at radius 3 is 2.13 bits per heavy atom. The molecule has 1 N–H and O–H groups in total. The minimum atomic E-state index is -4.68. The van der Waals surface area contributed by atoms with Crippen molar-refractivity contribution in [3.05, 3.63) is 52.0 Å². The predicted octanol–water partition coefficient (Wildman–Crippen LogP) is 4.97. The maximum Gasteiger partial charge on any atom is 0.445 e. The summed E-state index contributed by atoms with van der Waals surface area (Å²) in [6.45, 7) is 4.36. The number of hydrogen-bond donors (Lipinski definition) is 1. The Morgan fingerprint density at radius 1 is 1.05 bits per heavy atom. The fraction of sp³-hybridized carbons (Fsp3) is 0.360. The molecule has 13 heteroatoms. The molecule has 1 atom stereocenters. The number of carbonyl (C=O) groups is 1. The van der Waals surface area contributed by atoms with Gasteiger partial charge in [0.1, 0.15) is 24.9 Å². The van der Waals surface area contributed by atoms with Crippen LogP contribution in [0.3, 0.4) is 0 Å². The van der Waals surface area contributed by atoms with Gasteiger partial charge >= 0.3 is 6.18 Å². The second-order valence-corrected chi connectivity index (χ2v) is 9.01. The number of benzene rings is 2. The van der Waals surface area contributed by atoms with Gasteiger partial charge < -0.3 is 18.9 Å². The van der Waals surface area contributed by atoms with E-state index in [0.717, 1.165) is 16.9 Å². The largest absolute Gasteiger partial charge is 0.493 e. The highest BCUT2D eigenvalue weighted by molar-refractivity contribution is 7.15. The molecule has 0 aliphatic rings. The lowest BCUT2D eigenvalue weighted by Gasteiger charge is -2.18. The third kappa shape index (κ3) is 7.04. The standard InChI is InChI=1S/C25H25F3N4O5S/c1-14-6-5-7-15(2)20(14)36-8-9-37-21-18(34-3)11-16(12-19(21)35-4)10-17(13-29)22(33)30-24-32-31-23(38-24)25(26,27)28/h5-7,11-12,17H,8-10H2,1-4H3,(H,30,32,33). The molecule has 0 aliphatic carbocycles. The first kappa shape index (κ1) is 28.5. The van der Waals surface area contributed by atoms with E-state index >= 15 is 0 Å². The van der Waals surface area contributed by atoms with Crippen molar-refractivity contribution >= 4 is 22.4 Å². The lowest BCUT2D eigenvalue weighted by Crippen LogP contribution is -2.23. The zero-order valence-corrected chi connectivity index (χ0v) is 21.8. The topological polar surface area (TPSA) is 116 Å². The summed E-state index contributed by atoms with van der Waals surface area (Å²) in [5, 5.41) is 16.5. The van der Waals surface area contributed by atoms with E-state index in [-0.39, 0.29) is 36.1 Å². The van der Waals surface area contributed by atoms with E-state index in [2.05, 4.69) is 15.5 Å². The van der Waals surface area contributed by atoms with Gasteiger partial charge in [-0.2, -0.15) is 18.4 Å². The first-order valence-electron chi connectivity index (χ1n) is 11.2. The summed E-state index contributed by atoms with van der Waals surface area (Å²) >= 11 is 0.170. The highest BCUT2D eigenvalue weighted by Gasteiger charge is 2.36. The van der Waals surface area contributed by atoms with E-state index in [1.807, 2.05) is 38.1 Å². The fourth-order valence-corrected chi connectivity index (χ4v) is 4.14. The van der Waals surface area contributed by atoms with Gasteiger partial charge in [-0.25, -0.2) is 0 Å². The van der Waals surface area contributed by atoms with Crippen LogP contribution in [-0.2, 0) is 17.4 Å². The number of anilines is 1. The molecule has 0 radical (unpaired) electrons. The van der Waals surface area contributed by atoms with E-state index in [0.29, 0.717) is 22.8 Å². The number of halogens is 3. The summed E-state index contributed by atoms with van der Waals surface area (Å²) in [4.78, 5) is 12.5. The van der Waals surface area contributed by atoms with Crippen molar-refractivity contribution in [2.45, 2.75) is 26.4 Å². The van der Waals surface area contributed by atoms with Crippen molar-refractivity contribution in [2.75, 3.05) is 32.8 Å². The lowest BCUT2D eigenvalue weighted by atomic mass is 9.99. The third-order valence-corrected chi connectivity index (χ3v) is 6.20. The van der Waals surface area contributed by atoms with Crippen LogP contribution < -0.4 is 24.3 Å². The van der Waals surface area contributed by atoms with Crippen molar-refractivity contribution in [3.63, 3.8) is 0 Å². The van der Waals surface area contributed by atoms with Crippen LogP contribution in [0.1, 0.15) is 21.7 Å². The van der Waals surface area contributed by atoms with Crippen molar-refractivity contribution in [3.8, 4) is 29.1 Å². The van der Waals surface area contributed by atoms with Crippen LogP contribution in [0.2, 0.25) is 0 Å². The monoisotopic (exact) mass is 550 g/mol. The van der Waals surface area contributed by atoms with Crippen molar-refractivity contribution in [2.24, 2.45) is 5.92 Å². The number of carbonyl (C=O) groups excluding carboxylic acids is 1. The van der Waals surface area contributed by atoms with Gasteiger partial charge in [0.25, 0.3) is 0 Å². The Hall–Kier alpha value is -4.05. The molecule has 1 aromatic heterocycles. The number of amides is 1. The normalized spacial score (nSPS) is 11.8. The van der Waals surface area contributed by atoms with Gasteiger partial charge in [0, 0.05) is 0 Å². The molecule has 0 aliphatic heterocycles. The number of rotatable bonds is 11. The molecule has 1 amide bonds. The molecule has 3 rings (SSSR count). The number of hydrogen-bond acceptors (Lipinski definition) is 9. The Labute approximate surface area is 221 Å². The molecule has 1 unspecified atom stereocenters. The van der Waals surface area contributed by atoms with E-state index < -0.39 is 23.0 Å². The Balaban J connectivity index is 1.68. The number of nitrogens with zero attached hydrogens (tertiary/aromatic N) is 3. The van der Waals surface area contributed by atoms with E-state index in [1.54, 1.807) is 12.1 Å². The maximum absolute atomic E-state index is 12.7. The number of para-hydroxylation sites is 1. The summed E-state index contributed by atoms with van der Waals surface area (Å²) in [5.74, 6) is -0.339. The summed E-state index contributed by atoms with van der Waals surface area (Å²) in [6, 6.07) is 10.9. The number of aryl methyl sites for hydroxylation is 2. The second-order valence-electron chi connectivity index (χ2n) is 8.03. The van der Waals surface area contributed by atoms with Crippen molar-refractivity contribution in [1.82, 2.24) is 10.2 Å². The van der Waals surface area contributed by atoms with E-state index in [1.165, 1.54) is 14.2 Å². The maximum atomic E-state index is 12.7. The number of methoxy groups -OCH3 is 2. The molecular formula is C25H25F3N4O5S. The second kappa shape index (κ2) is 12.5. The van der Waals surface area contributed by atoms with Crippen LogP contribution in [0.5, 0.6) is 23.0 Å². The van der Waals surface area contributed by atoms with E-state index in [9.17, 15) is 23.2 Å². The molecule has 38 heavy (non-hydrogen) atoms. The zero-order chi connectivity index (χ0) is 27.9. The number of nitriles is 1. The third-order valence-electron chi connectivity index (χ3n) is 5.32. The summed E-state index contributed by atoms with van der Waals surface area (Å²) in [7, 11) is 2.86. The molecule has 202 valence electrons. The Kier molecular flexibility index (Phi) is 9.35. The van der Waals surface area contributed by atoms with E-state index in [4.69, 9.17) is 18.9 Å². The highest BCUT2D eigenvalue weighted by atomic mass is 32.1.